The van der Waals surface area contributed by atoms with Gasteiger partial charge in [-0.1, -0.05) is 44.2 Å². The maximum atomic E-state index is 12.2. The van der Waals surface area contributed by atoms with Gasteiger partial charge in [-0.15, -0.1) is 0 Å². The molecule has 0 heterocycles. The van der Waals surface area contributed by atoms with Crippen LogP contribution in [0, 0.1) is 11.8 Å². The van der Waals surface area contributed by atoms with Gasteiger partial charge in [-0.3, -0.25) is 4.79 Å². The molecule has 118 valence electrons. The van der Waals surface area contributed by atoms with Crippen LogP contribution < -0.4 is 0 Å². The monoisotopic (exact) mass is 294 g/mol. The molecule has 3 atom stereocenters. The summed E-state index contributed by atoms with van der Waals surface area (Å²) in [5.41, 5.74) is 1.08. The van der Waals surface area contributed by atoms with E-state index in [1.165, 1.54) is 0 Å². The fourth-order valence-corrected chi connectivity index (χ4v) is 2.20. The van der Waals surface area contributed by atoms with Crippen LogP contribution in [0.15, 0.2) is 30.3 Å². The van der Waals surface area contributed by atoms with Crippen molar-refractivity contribution in [2.24, 2.45) is 11.8 Å². The fourth-order valence-electron chi connectivity index (χ4n) is 2.20. The molecule has 4 nitrogen and oxygen atoms in total. The third kappa shape index (κ3) is 6.38. The van der Waals surface area contributed by atoms with E-state index < -0.39 is 12.0 Å². The van der Waals surface area contributed by atoms with E-state index >= 15 is 0 Å². The number of ether oxygens (including phenoxy) is 1. The van der Waals surface area contributed by atoms with Crippen molar-refractivity contribution in [3.63, 3.8) is 0 Å². The summed E-state index contributed by atoms with van der Waals surface area (Å²) in [6.45, 7) is 4.43. The van der Waals surface area contributed by atoms with Crippen LogP contribution in [0.3, 0.4) is 0 Å². The minimum absolute atomic E-state index is 0.00787. The minimum atomic E-state index is -0.693. The van der Waals surface area contributed by atoms with Gasteiger partial charge in [-0.2, -0.15) is 0 Å². The first kappa shape index (κ1) is 17.8. The molecule has 4 heteroatoms. The Labute approximate surface area is 126 Å². The Kier molecular flexibility index (Phi) is 8.20. The summed E-state index contributed by atoms with van der Waals surface area (Å²) in [5.74, 6) is -0.659. The molecular weight excluding hydrogens is 268 g/mol. The third-order valence-corrected chi connectivity index (χ3v) is 3.65. The smallest absolute Gasteiger partial charge is 0.143 e. The zero-order valence-electron chi connectivity index (χ0n) is 12.9. The maximum absolute atomic E-state index is 12.2. The number of carbonyl (C=O) groups is 1. The number of hydrogen-bond acceptors (Lipinski definition) is 4. The maximum Gasteiger partial charge on any atom is 0.143 e. The molecule has 0 fully saturated rings. The Morgan fingerprint density at radius 2 is 1.90 bits per heavy atom. The van der Waals surface area contributed by atoms with Gasteiger partial charge in [0.1, 0.15) is 5.78 Å². The van der Waals surface area contributed by atoms with Crippen LogP contribution in [-0.4, -0.2) is 35.3 Å². The summed E-state index contributed by atoms with van der Waals surface area (Å²) in [6, 6.07) is 9.81. The van der Waals surface area contributed by atoms with Gasteiger partial charge in [0, 0.05) is 18.4 Å². The van der Waals surface area contributed by atoms with Crippen molar-refractivity contribution in [2.75, 3.05) is 13.2 Å². The lowest BCUT2D eigenvalue weighted by molar-refractivity contribution is -0.131. The molecule has 1 aromatic carbocycles. The van der Waals surface area contributed by atoms with Gasteiger partial charge in [-0.05, 0) is 18.4 Å². The summed E-state index contributed by atoms with van der Waals surface area (Å²) in [7, 11) is 0. The van der Waals surface area contributed by atoms with E-state index in [0.29, 0.717) is 26.1 Å². The summed E-state index contributed by atoms with van der Waals surface area (Å²) in [5, 5.41) is 18.7. The molecular formula is C17H26O4. The second-order valence-electron chi connectivity index (χ2n) is 5.53. The number of ketones is 1. The highest BCUT2D eigenvalue weighted by molar-refractivity contribution is 5.83. The Hall–Kier alpha value is -1.23. The molecule has 2 N–H and O–H groups in total. The van der Waals surface area contributed by atoms with Gasteiger partial charge in [0.05, 0.1) is 19.3 Å². The van der Waals surface area contributed by atoms with Crippen LogP contribution >= 0.6 is 0 Å². The molecule has 21 heavy (non-hydrogen) atoms. The summed E-state index contributed by atoms with van der Waals surface area (Å²) in [6.07, 6.45) is 0.264. The number of aliphatic hydroxyl groups excluding tert-OH is 2. The van der Waals surface area contributed by atoms with Crippen LogP contribution in [-0.2, 0) is 16.1 Å². The summed E-state index contributed by atoms with van der Waals surface area (Å²) < 4.78 is 5.57. The normalized spacial score (nSPS) is 15.4. The van der Waals surface area contributed by atoms with E-state index in [9.17, 15) is 9.90 Å². The topological polar surface area (TPSA) is 66.8 Å². The number of rotatable bonds is 10. The average molecular weight is 294 g/mol. The number of Topliss-reactive ketones (excluding diaryl/α,β-unsaturated/α-hetero) is 1. The standard InChI is InChI=1S/C17H26O4/c1-13(11-21-12-15-7-4-3-5-8-15)17(20)14(2)16(19)9-6-10-18/h3-5,7-8,13-14,16,18-19H,6,9-12H2,1-2H3/t13-,14-,16-/m1/s1. The first-order valence-electron chi connectivity index (χ1n) is 7.50. The first-order valence-corrected chi connectivity index (χ1v) is 7.50. The molecule has 0 saturated heterocycles. The van der Waals surface area contributed by atoms with E-state index in [1.807, 2.05) is 37.3 Å². The van der Waals surface area contributed by atoms with Crippen molar-refractivity contribution in [3.05, 3.63) is 35.9 Å². The molecule has 0 radical (unpaired) electrons. The van der Waals surface area contributed by atoms with Crippen molar-refractivity contribution in [1.82, 2.24) is 0 Å². The highest BCUT2D eigenvalue weighted by Crippen LogP contribution is 2.16. The Balaban J connectivity index is 2.33. The molecule has 0 amide bonds. The molecule has 0 aliphatic carbocycles. The highest BCUT2D eigenvalue weighted by atomic mass is 16.5. The van der Waals surface area contributed by atoms with Gasteiger partial charge in [0.15, 0.2) is 0 Å². The molecule has 0 aliphatic rings. The SMILES string of the molecule is C[C@H](COCc1ccccc1)C(=O)[C@H](C)[C@H](O)CCCO. The van der Waals surface area contributed by atoms with E-state index in [4.69, 9.17) is 9.84 Å². The lowest BCUT2D eigenvalue weighted by Crippen LogP contribution is -2.31. The molecule has 0 aliphatic heterocycles. The molecule has 0 bridgehead atoms. The summed E-state index contributed by atoms with van der Waals surface area (Å²) in [4.78, 5) is 12.2. The Morgan fingerprint density at radius 3 is 2.52 bits per heavy atom. The highest BCUT2D eigenvalue weighted by Gasteiger charge is 2.25. The molecule has 0 unspecified atom stereocenters. The van der Waals surface area contributed by atoms with Crippen LogP contribution in [0.25, 0.3) is 0 Å². The zero-order chi connectivity index (χ0) is 15.7. The quantitative estimate of drug-likeness (QED) is 0.694. The van der Waals surface area contributed by atoms with Crippen LogP contribution in [0.5, 0.6) is 0 Å². The lowest BCUT2D eigenvalue weighted by atomic mass is 9.89. The number of aliphatic hydroxyl groups is 2. The van der Waals surface area contributed by atoms with Gasteiger partial charge in [0.25, 0.3) is 0 Å². The lowest BCUT2D eigenvalue weighted by Gasteiger charge is -2.21. The van der Waals surface area contributed by atoms with E-state index in [-0.39, 0.29) is 18.3 Å². The van der Waals surface area contributed by atoms with Crippen molar-refractivity contribution in [2.45, 2.75) is 39.4 Å². The van der Waals surface area contributed by atoms with Crippen LogP contribution in [0.4, 0.5) is 0 Å². The average Bonchev–Trinajstić information content (AvgIpc) is 2.52. The number of carbonyl (C=O) groups excluding carboxylic acids is 1. The molecule has 0 spiro atoms. The largest absolute Gasteiger partial charge is 0.396 e. The predicted octanol–water partition coefficient (Wildman–Crippen LogP) is 2.18. The number of hydrogen-bond donors (Lipinski definition) is 2. The van der Waals surface area contributed by atoms with Gasteiger partial charge >= 0.3 is 0 Å². The Bertz CT molecular complexity index is 405. The predicted molar refractivity (Wildman–Crippen MR) is 81.8 cm³/mol. The van der Waals surface area contributed by atoms with Crippen molar-refractivity contribution in [3.8, 4) is 0 Å². The first-order chi connectivity index (χ1) is 10.1. The van der Waals surface area contributed by atoms with Crippen molar-refractivity contribution < 1.29 is 19.7 Å². The Morgan fingerprint density at radius 1 is 1.24 bits per heavy atom. The minimum Gasteiger partial charge on any atom is -0.396 e. The van der Waals surface area contributed by atoms with E-state index in [0.717, 1.165) is 5.56 Å². The molecule has 0 aromatic heterocycles. The molecule has 1 rings (SSSR count). The van der Waals surface area contributed by atoms with Crippen molar-refractivity contribution in [1.29, 1.82) is 0 Å². The van der Waals surface area contributed by atoms with Gasteiger partial charge < -0.3 is 14.9 Å². The van der Waals surface area contributed by atoms with Gasteiger partial charge in [0.2, 0.25) is 0 Å². The number of benzene rings is 1. The van der Waals surface area contributed by atoms with Crippen molar-refractivity contribution >= 4 is 5.78 Å². The van der Waals surface area contributed by atoms with E-state index in [2.05, 4.69) is 0 Å². The van der Waals surface area contributed by atoms with Crippen LogP contribution in [0.2, 0.25) is 0 Å². The zero-order valence-corrected chi connectivity index (χ0v) is 12.9. The summed E-state index contributed by atoms with van der Waals surface area (Å²) >= 11 is 0. The fraction of sp³-hybridized carbons (Fsp3) is 0.588. The van der Waals surface area contributed by atoms with Gasteiger partial charge in [-0.25, -0.2) is 0 Å². The molecule has 0 saturated carbocycles. The van der Waals surface area contributed by atoms with Crippen LogP contribution in [0.1, 0.15) is 32.3 Å². The molecule has 1 aromatic rings. The second kappa shape index (κ2) is 9.66. The third-order valence-electron chi connectivity index (χ3n) is 3.65. The second-order valence-corrected chi connectivity index (χ2v) is 5.53. The van der Waals surface area contributed by atoms with E-state index in [1.54, 1.807) is 6.92 Å².